The number of carbonyl (C=O) groups excluding carboxylic acids is 1. The van der Waals surface area contributed by atoms with Gasteiger partial charge in [0.15, 0.2) is 0 Å². The molecule has 0 unspecified atom stereocenters. The van der Waals surface area contributed by atoms with Crippen LogP contribution < -0.4 is 16.6 Å². The lowest BCUT2D eigenvalue weighted by molar-refractivity contribution is -0.116. The molecule has 3 rings (SSSR count). The third-order valence-corrected chi connectivity index (χ3v) is 4.41. The second kappa shape index (κ2) is 7.00. The number of anilines is 1. The Hall–Kier alpha value is -3.15. The first-order valence-corrected chi connectivity index (χ1v) is 8.47. The highest BCUT2D eigenvalue weighted by molar-refractivity contribution is 5.92. The zero-order valence-electron chi connectivity index (χ0n) is 15.0. The van der Waals surface area contributed by atoms with E-state index in [0.717, 1.165) is 15.8 Å². The van der Waals surface area contributed by atoms with Crippen molar-refractivity contribution in [3.8, 4) is 0 Å². The van der Waals surface area contributed by atoms with Crippen LogP contribution in [0.25, 0.3) is 10.9 Å². The summed E-state index contributed by atoms with van der Waals surface area (Å²) >= 11 is 0. The Bertz CT molecular complexity index is 1090. The van der Waals surface area contributed by atoms with Crippen LogP contribution in [0, 0.1) is 0 Å². The summed E-state index contributed by atoms with van der Waals surface area (Å²) in [5, 5.41) is 3.29. The Kier molecular flexibility index (Phi) is 4.75. The van der Waals surface area contributed by atoms with Crippen molar-refractivity contribution >= 4 is 22.5 Å². The molecule has 1 aromatic heterocycles. The summed E-state index contributed by atoms with van der Waals surface area (Å²) in [6, 6.07) is 14.4. The highest BCUT2D eigenvalue weighted by Gasteiger charge is 2.14. The molecule has 6 nitrogen and oxygen atoms in total. The Morgan fingerprint density at radius 3 is 2.42 bits per heavy atom. The van der Waals surface area contributed by atoms with Crippen molar-refractivity contribution in [2.24, 2.45) is 7.05 Å². The Balaban J connectivity index is 1.99. The van der Waals surface area contributed by atoms with Gasteiger partial charge in [-0.25, -0.2) is 4.79 Å². The van der Waals surface area contributed by atoms with Gasteiger partial charge in [0.05, 0.1) is 10.9 Å². The first-order valence-electron chi connectivity index (χ1n) is 8.47. The predicted octanol–water partition coefficient (Wildman–Crippen LogP) is 2.46. The number of carbonyl (C=O) groups is 1. The predicted molar refractivity (Wildman–Crippen MR) is 103 cm³/mol. The molecule has 0 aliphatic rings. The number of para-hydroxylation sites is 2. The molecule has 3 aromatic rings. The van der Waals surface area contributed by atoms with Crippen LogP contribution in [0.1, 0.15) is 25.3 Å². The number of rotatable bonds is 4. The lowest BCUT2D eigenvalue weighted by atomic mass is 10.0. The molecule has 0 atom stereocenters. The van der Waals surface area contributed by atoms with Crippen molar-refractivity contribution in [3.63, 3.8) is 0 Å². The number of nitrogens with one attached hydrogen (secondary N) is 1. The maximum absolute atomic E-state index is 12.6. The summed E-state index contributed by atoms with van der Waals surface area (Å²) in [5.41, 5.74) is 1.33. The summed E-state index contributed by atoms with van der Waals surface area (Å²) in [6.07, 6.45) is 0. The highest BCUT2D eigenvalue weighted by atomic mass is 16.2. The number of aromatic nitrogens is 2. The summed E-state index contributed by atoms with van der Waals surface area (Å²) in [4.78, 5) is 37.3. The number of hydrogen-bond donors (Lipinski definition) is 1. The normalized spacial score (nSPS) is 11.1. The van der Waals surface area contributed by atoms with Gasteiger partial charge in [-0.2, -0.15) is 0 Å². The van der Waals surface area contributed by atoms with Crippen LogP contribution in [0.2, 0.25) is 0 Å². The molecule has 1 N–H and O–H groups in total. The molecule has 0 saturated carbocycles. The van der Waals surface area contributed by atoms with Crippen LogP contribution in [0.5, 0.6) is 0 Å². The number of fused-ring (bicyclic) bond motifs is 1. The molecule has 1 amide bonds. The Morgan fingerprint density at radius 2 is 1.69 bits per heavy atom. The van der Waals surface area contributed by atoms with Gasteiger partial charge in [-0.15, -0.1) is 0 Å². The molecule has 1 heterocycles. The fourth-order valence-corrected chi connectivity index (χ4v) is 3.04. The summed E-state index contributed by atoms with van der Waals surface area (Å²) < 4.78 is 2.35. The van der Waals surface area contributed by atoms with Gasteiger partial charge in [-0.3, -0.25) is 18.7 Å². The zero-order chi connectivity index (χ0) is 18.8. The third-order valence-electron chi connectivity index (χ3n) is 4.41. The maximum atomic E-state index is 12.6. The standard InChI is InChI=1S/C20H21N3O3/c1-13(2)14-8-4-6-10-16(14)21-18(24)12-23-17-11-7-5-9-15(17)19(25)22(3)20(23)26/h4-11,13H,12H2,1-3H3,(H,21,24). The number of hydrogen-bond acceptors (Lipinski definition) is 3. The highest BCUT2D eigenvalue weighted by Crippen LogP contribution is 2.23. The van der Waals surface area contributed by atoms with Crippen molar-refractivity contribution in [1.82, 2.24) is 9.13 Å². The van der Waals surface area contributed by atoms with Gasteiger partial charge in [0.1, 0.15) is 6.54 Å². The van der Waals surface area contributed by atoms with E-state index in [4.69, 9.17) is 0 Å². The van der Waals surface area contributed by atoms with E-state index in [2.05, 4.69) is 19.2 Å². The average Bonchev–Trinajstić information content (AvgIpc) is 2.63. The van der Waals surface area contributed by atoms with Crippen LogP contribution in [0.4, 0.5) is 5.69 Å². The first-order chi connectivity index (χ1) is 12.4. The average molecular weight is 351 g/mol. The molecule has 0 spiro atoms. The molecule has 2 aromatic carbocycles. The smallest absolute Gasteiger partial charge is 0.324 e. The van der Waals surface area contributed by atoms with E-state index in [1.807, 2.05) is 24.3 Å². The third kappa shape index (κ3) is 3.18. The van der Waals surface area contributed by atoms with Crippen molar-refractivity contribution in [2.45, 2.75) is 26.3 Å². The molecule has 134 valence electrons. The van der Waals surface area contributed by atoms with E-state index in [1.165, 1.54) is 11.6 Å². The molecule has 0 bridgehead atoms. The van der Waals surface area contributed by atoms with Crippen LogP contribution in [0.3, 0.4) is 0 Å². The maximum Gasteiger partial charge on any atom is 0.331 e. The second-order valence-corrected chi connectivity index (χ2v) is 6.54. The fraction of sp³-hybridized carbons (Fsp3) is 0.250. The van der Waals surface area contributed by atoms with Crippen molar-refractivity contribution in [1.29, 1.82) is 0 Å². The van der Waals surface area contributed by atoms with E-state index >= 15 is 0 Å². The van der Waals surface area contributed by atoms with Gasteiger partial charge in [0.25, 0.3) is 5.56 Å². The topological polar surface area (TPSA) is 73.1 Å². The molecule has 0 radical (unpaired) electrons. The summed E-state index contributed by atoms with van der Waals surface area (Å²) in [6.45, 7) is 3.94. The summed E-state index contributed by atoms with van der Waals surface area (Å²) in [5.74, 6) is -0.0587. The van der Waals surface area contributed by atoms with Crippen LogP contribution in [-0.2, 0) is 18.4 Å². The van der Waals surface area contributed by atoms with Gasteiger partial charge in [-0.1, -0.05) is 44.2 Å². The van der Waals surface area contributed by atoms with E-state index in [-0.39, 0.29) is 23.9 Å². The quantitative estimate of drug-likeness (QED) is 0.785. The van der Waals surface area contributed by atoms with Crippen molar-refractivity contribution in [3.05, 3.63) is 74.9 Å². The van der Waals surface area contributed by atoms with E-state index in [9.17, 15) is 14.4 Å². The zero-order valence-corrected chi connectivity index (χ0v) is 15.0. The largest absolute Gasteiger partial charge is 0.331 e. The summed E-state index contributed by atoms with van der Waals surface area (Å²) in [7, 11) is 1.42. The van der Waals surface area contributed by atoms with Gasteiger partial charge in [0.2, 0.25) is 5.91 Å². The van der Waals surface area contributed by atoms with Gasteiger partial charge in [0, 0.05) is 12.7 Å². The van der Waals surface area contributed by atoms with Crippen LogP contribution in [-0.4, -0.2) is 15.0 Å². The van der Waals surface area contributed by atoms with Crippen molar-refractivity contribution in [2.75, 3.05) is 5.32 Å². The number of nitrogens with zero attached hydrogens (tertiary/aromatic N) is 2. The molecule has 0 aliphatic heterocycles. The Labute approximate surface area is 150 Å². The lowest BCUT2D eigenvalue weighted by Gasteiger charge is -2.15. The minimum absolute atomic E-state index is 0.167. The van der Waals surface area contributed by atoms with Crippen molar-refractivity contribution < 1.29 is 4.79 Å². The molecule has 0 saturated heterocycles. The molecular weight excluding hydrogens is 330 g/mol. The molecule has 0 aliphatic carbocycles. The molecular formula is C20H21N3O3. The lowest BCUT2D eigenvalue weighted by Crippen LogP contribution is -2.40. The van der Waals surface area contributed by atoms with Gasteiger partial charge >= 0.3 is 5.69 Å². The Morgan fingerprint density at radius 1 is 1.04 bits per heavy atom. The number of benzene rings is 2. The fourth-order valence-electron chi connectivity index (χ4n) is 3.04. The second-order valence-electron chi connectivity index (χ2n) is 6.54. The first kappa shape index (κ1) is 17.7. The van der Waals surface area contributed by atoms with Crippen LogP contribution >= 0.6 is 0 Å². The van der Waals surface area contributed by atoms with E-state index in [0.29, 0.717) is 10.9 Å². The van der Waals surface area contributed by atoms with E-state index < -0.39 is 5.69 Å². The minimum atomic E-state index is -0.513. The molecule has 6 heteroatoms. The minimum Gasteiger partial charge on any atom is -0.324 e. The van der Waals surface area contributed by atoms with Gasteiger partial charge < -0.3 is 5.32 Å². The molecule has 0 fully saturated rings. The van der Waals surface area contributed by atoms with Gasteiger partial charge in [-0.05, 0) is 29.7 Å². The number of amides is 1. The monoisotopic (exact) mass is 351 g/mol. The van der Waals surface area contributed by atoms with E-state index in [1.54, 1.807) is 24.3 Å². The van der Waals surface area contributed by atoms with Crippen LogP contribution in [0.15, 0.2) is 58.1 Å². The SMILES string of the molecule is CC(C)c1ccccc1NC(=O)Cn1c(=O)n(C)c(=O)c2ccccc21. The molecule has 26 heavy (non-hydrogen) atoms.